The van der Waals surface area contributed by atoms with Crippen LogP contribution in [0.25, 0.3) is 10.9 Å². The van der Waals surface area contributed by atoms with E-state index in [1.54, 1.807) is 11.8 Å². The maximum absolute atomic E-state index is 12.4. The first-order valence-electron chi connectivity index (χ1n) is 9.62. The number of aryl methyl sites for hydroxylation is 2. The minimum absolute atomic E-state index is 0.0142. The number of aromatic amines is 1. The SMILES string of the molecule is CC(=O)N(CCC(=O)Nc1c(C)cccc1C)CCc1c[nH]c2ccccc12. The highest BCUT2D eigenvalue weighted by Gasteiger charge is 2.14. The molecule has 0 spiro atoms. The Morgan fingerprint density at radius 1 is 1.00 bits per heavy atom. The summed E-state index contributed by atoms with van der Waals surface area (Å²) in [5, 5.41) is 4.16. The number of aromatic nitrogens is 1. The van der Waals surface area contributed by atoms with Gasteiger partial charge in [-0.1, -0.05) is 36.4 Å². The third-order valence-corrected chi connectivity index (χ3v) is 5.13. The smallest absolute Gasteiger partial charge is 0.226 e. The topological polar surface area (TPSA) is 65.2 Å². The molecule has 0 radical (unpaired) electrons. The molecule has 5 nitrogen and oxygen atoms in total. The van der Waals surface area contributed by atoms with Gasteiger partial charge in [0.1, 0.15) is 0 Å². The number of benzene rings is 2. The summed E-state index contributed by atoms with van der Waals surface area (Å²) in [4.78, 5) is 29.4. The molecule has 0 aliphatic rings. The van der Waals surface area contributed by atoms with Crippen LogP contribution < -0.4 is 5.32 Å². The molecule has 2 N–H and O–H groups in total. The Kier molecular flexibility index (Phi) is 6.14. The Hall–Kier alpha value is -3.08. The molecule has 0 saturated heterocycles. The van der Waals surface area contributed by atoms with Crippen LogP contribution in [-0.4, -0.2) is 34.8 Å². The van der Waals surface area contributed by atoms with Crippen LogP contribution in [0.5, 0.6) is 0 Å². The second kappa shape index (κ2) is 8.74. The number of amides is 2. The van der Waals surface area contributed by atoms with Crippen molar-refractivity contribution in [3.8, 4) is 0 Å². The molecular formula is C23H27N3O2. The van der Waals surface area contributed by atoms with Crippen molar-refractivity contribution >= 4 is 28.4 Å². The Morgan fingerprint density at radius 2 is 1.71 bits per heavy atom. The van der Waals surface area contributed by atoms with Gasteiger partial charge >= 0.3 is 0 Å². The highest BCUT2D eigenvalue weighted by molar-refractivity contribution is 5.92. The maximum Gasteiger partial charge on any atom is 0.226 e. The fraction of sp³-hybridized carbons (Fsp3) is 0.304. The van der Waals surface area contributed by atoms with E-state index >= 15 is 0 Å². The Labute approximate surface area is 165 Å². The summed E-state index contributed by atoms with van der Waals surface area (Å²) in [6, 6.07) is 14.1. The van der Waals surface area contributed by atoms with E-state index < -0.39 is 0 Å². The molecule has 0 aliphatic heterocycles. The van der Waals surface area contributed by atoms with Gasteiger partial charge < -0.3 is 15.2 Å². The van der Waals surface area contributed by atoms with E-state index in [1.807, 2.05) is 56.4 Å². The molecule has 2 aromatic carbocycles. The van der Waals surface area contributed by atoms with E-state index in [1.165, 1.54) is 10.9 Å². The van der Waals surface area contributed by atoms with E-state index in [2.05, 4.69) is 16.4 Å². The monoisotopic (exact) mass is 377 g/mol. The highest BCUT2D eigenvalue weighted by atomic mass is 16.2. The molecule has 0 unspecified atom stereocenters. The molecule has 0 aliphatic carbocycles. The number of nitrogens with one attached hydrogen (secondary N) is 2. The second-order valence-electron chi connectivity index (χ2n) is 7.18. The quantitative estimate of drug-likeness (QED) is 0.648. The molecule has 5 heteroatoms. The van der Waals surface area contributed by atoms with Gasteiger partial charge in [0, 0.05) is 49.2 Å². The number of para-hydroxylation sites is 2. The van der Waals surface area contributed by atoms with Gasteiger partial charge in [-0.05, 0) is 43.0 Å². The number of nitrogens with zero attached hydrogens (tertiary/aromatic N) is 1. The van der Waals surface area contributed by atoms with Gasteiger partial charge in [0.05, 0.1) is 0 Å². The van der Waals surface area contributed by atoms with Gasteiger partial charge in [-0.3, -0.25) is 9.59 Å². The second-order valence-corrected chi connectivity index (χ2v) is 7.18. The number of carbonyl (C=O) groups is 2. The Morgan fingerprint density at radius 3 is 2.43 bits per heavy atom. The summed E-state index contributed by atoms with van der Waals surface area (Å²) in [5.74, 6) is -0.0875. The van der Waals surface area contributed by atoms with Crippen molar-refractivity contribution in [3.05, 3.63) is 65.4 Å². The van der Waals surface area contributed by atoms with Gasteiger partial charge in [-0.15, -0.1) is 0 Å². The fourth-order valence-corrected chi connectivity index (χ4v) is 3.47. The average molecular weight is 377 g/mol. The molecule has 146 valence electrons. The van der Waals surface area contributed by atoms with Crippen molar-refractivity contribution in [3.63, 3.8) is 0 Å². The maximum atomic E-state index is 12.4. The van der Waals surface area contributed by atoms with Crippen LogP contribution in [0.1, 0.15) is 30.0 Å². The average Bonchev–Trinajstić information content (AvgIpc) is 3.08. The molecule has 0 bridgehead atoms. The first-order valence-corrected chi connectivity index (χ1v) is 9.62. The Bertz CT molecular complexity index is 970. The molecule has 3 aromatic rings. The van der Waals surface area contributed by atoms with E-state index in [4.69, 9.17) is 0 Å². The predicted molar refractivity (Wildman–Crippen MR) is 113 cm³/mol. The van der Waals surface area contributed by atoms with E-state index in [9.17, 15) is 9.59 Å². The number of fused-ring (bicyclic) bond motifs is 1. The highest BCUT2D eigenvalue weighted by Crippen LogP contribution is 2.20. The van der Waals surface area contributed by atoms with Crippen molar-refractivity contribution in [2.75, 3.05) is 18.4 Å². The molecule has 0 atom stereocenters. The molecule has 3 rings (SSSR count). The van der Waals surface area contributed by atoms with Gasteiger partial charge in [0.25, 0.3) is 0 Å². The number of H-pyrrole nitrogens is 1. The largest absolute Gasteiger partial charge is 0.361 e. The predicted octanol–water partition coefficient (Wildman–Crippen LogP) is 4.20. The lowest BCUT2D eigenvalue weighted by Gasteiger charge is -2.21. The standard InChI is InChI=1S/C23H27N3O2/c1-16-7-6-8-17(2)23(16)25-22(28)12-14-26(18(3)27)13-11-19-15-24-21-10-5-4-9-20(19)21/h4-10,15,24H,11-14H2,1-3H3,(H,25,28). The number of anilines is 1. The molecular weight excluding hydrogens is 350 g/mol. The molecule has 28 heavy (non-hydrogen) atoms. The summed E-state index contributed by atoms with van der Waals surface area (Å²) in [7, 11) is 0. The summed E-state index contributed by atoms with van der Waals surface area (Å²) < 4.78 is 0. The number of carbonyl (C=O) groups excluding carboxylic acids is 2. The number of hydrogen-bond donors (Lipinski definition) is 2. The van der Waals surface area contributed by atoms with Crippen molar-refractivity contribution < 1.29 is 9.59 Å². The van der Waals surface area contributed by atoms with Crippen molar-refractivity contribution in [2.24, 2.45) is 0 Å². The zero-order chi connectivity index (χ0) is 20.1. The third kappa shape index (κ3) is 4.60. The van der Waals surface area contributed by atoms with Crippen LogP contribution in [0, 0.1) is 13.8 Å². The van der Waals surface area contributed by atoms with Gasteiger partial charge in [-0.2, -0.15) is 0 Å². The van der Waals surface area contributed by atoms with Crippen molar-refractivity contribution in [2.45, 2.75) is 33.6 Å². The summed E-state index contributed by atoms with van der Waals surface area (Å²) in [6.45, 7) is 6.51. The number of rotatable bonds is 7. The third-order valence-electron chi connectivity index (χ3n) is 5.13. The van der Waals surface area contributed by atoms with Gasteiger partial charge in [-0.25, -0.2) is 0 Å². The molecule has 2 amide bonds. The fourth-order valence-electron chi connectivity index (χ4n) is 3.47. The summed E-state index contributed by atoms with van der Waals surface area (Å²) in [6.07, 6.45) is 3.03. The van der Waals surface area contributed by atoms with Crippen LogP contribution >= 0.6 is 0 Å². The van der Waals surface area contributed by atoms with E-state index in [-0.39, 0.29) is 18.2 Å². The van der Waals surface area contributed by atoms with Gasteiger partial charge in [0.2, 0.25) is 11.8 Å². The number of hydrogen-bond acceptors (Lipinski definition) is 2. The molecule has 1 aromatic heterocycles. The van der Waals surface area contributed by atoms with E-state index in [0.717, 1.165) is 28.8 Å². The van der Waals surface area contributed by atoms with Crippen molar-refractivity contribution in [1.29, 1.82) is 0 Å². The zero-order valence-corrected chi connectivity index (χ0v) is 16.7. The normalized spacial score (nSPS) is 10.8. The van der Waals surface area contributed by atoms with Gasteiger partial charge in [0.15, 0.2) is 0 Å². The first kappa shape index (κ1) is 19.7. The summed E-state index contributed by atoms with van der Waals surface area (Å²) >= 11 is 0. The Balaban J connectivity index is 1.57. The van der Waals surface area contributed by atoms with Crippen LogP contribution in [0.3, 0.4) is 0 Å². The first-order chi connectivity index (χ1) is 13.5. The lowest BCUT2D eigenvalue weighted by Crippen LogP contribution is -2.33. The van der Waals surface area contributed by atoms with Crippen LogP contribution in [0.15, 0.2) is 48.7 Å². The zero-order valence-electron chi connectivity index (χ0n) is 16.7. The van der Waals surface area contributed by atoms with Crippen molar-refractivity contribution in [1.82, 2.24) is 9.88 Å². The van der Waals surface area contributed by atoms with Crippen LogP contribution in [0.2, 0.25) is 0 Å². The lowest BCUT2D eigenvalue weighted by atomic mass is 10.1. The minimum Gasteiger partial charge on any atom is -0.361 e. The van der Waals surface area contributed by atoms with Crippen LogP contribution in [0.4, 0.5) is 5.69 Å². The molecule has 0 fully saturated rings. The summed E-state index contributed by atoms with van der Waals surface area (Å²) in [5.41, 5.74) is 5.22. The molecule has 1 heterocycles. The lowest BCUT2D eigenvalue weighted by molar-refractivity contribution is -0.129. The van der Waals surface area contributed by atoms with E-state index in [0.29, 0.717) is 13.1 Å². The van der Waals surface area contributed by atoms with Crippen LogP contribution in [-0.2, 0) is 16.0 Å². The minimum atomic E-state index is -0.0734. The molecule has 0 saturated carbocycles.